The molecule has 3 rings (SSSR count). The average Bonchev–Trinajstić information content (AvgIpc) is 2.52. The number of nitrogens with zero attached hydrogens (tertiary/aromatic N) is 2. The molecule has 3 aromatic rings. The predicted molar refractivity (Wildman–Crippen MR) is 79.1 cm³/mol. The maximum atomic E-state index is 13.4. The molecule has 116 valence electrons. The van der Waals surface area contributed by atoms with E-state index in [0.717, 1.165) is 12.1 Å². The van der Waals surface area contributed by atoms with Crippen molar-refractivity contribution < 1.29 is 14.3 Å². The van der Waals surface area contributed by atoms with Crippen molar-refractivity contribution in [2.75, 3.05) is 0 Å². The number of benzene rings is 1. The Labute approximate surface area is 127 Å². The summed E-state index contributed by atoms with van der Waals surface area (Å²) < 4.78 is 14.6. The Morgan fingerprint density at radius 1 is 1.30 bits per heavy atom. The highest BCUT2D eigenvalue weighted by Crippen LogP contribution is 2.13. The molecule has 0 aliphatic rings. The third kappa shape index (κ3) is 2.61. The lowest BCUT2D eigenvalue weighted by molar-refractivity contribution is 0.0691. The van der Waals surface area contributed by atoms with Gasteiger partial charge in [-0.05, 0) is 29.8 Å². The summed E-state index contributed by atoms with van der Waals surface area (Å²) in [5, 5.41) is 9.18. The molecule has 0 atom stereocenters. The molecule has 0 saturated heterocycles. The van der Waals surface area contributed by atoms with Gasteiger partial charge in [-0.25, -0.2) is 19.0 Å². The summed E-state index contributed by atoms with van der Waals surface area (Å²) in [5.74, 6) is -2.26. The van der Waals surface area contributed by atoms with Crippen LogP contribution in [0.25, 0.3) is 11.0 Å². The molecule has 8 heteroatoms. The van der Waals surface area contributed by atoms with Gasteiger partial charge in [0.2, 0.25) is 0 Å². The number of H-pyrrole nitrogens is 1. The van der Waals surface area contributed by atoms with E-state index in [1.165, 1.54) is 22.9 Å². The van der Waals surface area contributed by atoms with Gasteiger partial charge in [0.15, 0.2) is 0 Å². The predicted octanol–water partition coefficient (Wildman–Crippen LogP) is 0.970. The number of carboxylic acid groups (broad SMARTS) is 1. The Morgan fingerprint density at radius 3 is 2.83 bits per heavy atom. The third-order valence-electron chi connectivity index (χ3n) is 3.35. The number of nitrogens with one attached hydrogen (secondary N) is 1. The van der Waals surface area contributed by atoms with E-state index < -0.39 is 28.6 Å². The van der Waals surface area contributed by atoms with Gasteiger partial charge in [0.05, 0.1) is 17.5 Å². The number of hydrogen-bond acceptors (Lipinski definition) is 4. The maximum absolute atomic E-state index is 13.4. The summed E-state index contributed by atoms with van der Waals surface area (Å²) in [5.41, 5.74) is -1.16. The fourth-order valence-electron chi connectivity index (χ4n) is 2.28. The van der Waals surface area contributed by atoms with Crippen molar-refractivity contribution in [1.82, 2.24) is 14.5 Å². The maximum Gasteiger partial charge on any atom is 0.338 e. The van der Waals surface area contributed by atoms with Crippen LogP contribution in [0, 0.1) is 5.82 Å². The van der Waals surface area contributed by atoms with Gasteiger partial charge in [0, 0.05) is 6.20 Å². The van der Waals surface area contributed by atoms with Crippen LogP contribution in [0.2, 0.25) is 0 Å². The van der Waals surface area contributed by atoms with Crippen molar-refractivity contribution >= 4 is 17.0 Å². The van der Waals surface area contributed by atoms with Crippen molar-refractivity contribution in [2.45, 2.75) is 6.54 Å². The highest BCUT2D eigenvalue weighted by Gasteiger charge is 2.13. The summed E-state index contributed by atoms with van der Waals surface area (Å²) in [4.78, 5) is 41.0. The van der Waals surface area contributed by atoms with Crippen LogP contribution >= 0.6 is 0 Å². The second kappa shape index (κ2) is 5.48. The fourth-order valence-corrected chi connectivity index (χ4v) is 2.28. The molecule has 0 saturated carbocycles. The molecule has 0 aliphatic carbocycles. The van der Waals surface area contributed by atoms with Crippen LogP contribution in [0.4, 0.5) is 4.39 Å². The quantitative estimate of drug-likeness (QED) is 0.749. The molecule has 0 bridgehead atoms. The zero-order chi connectivity index (χ0) is 16.6. The van der Waals surface area contributed by atoms with Gasteiger partial charge in [0.1, 0.15) is 11.5 Å². The first-order valence-electron chi connectivity index (χ1n) is 6.57. The zero-order valence-corrected chi connectivity index (χ0v) is 11.6. The molecule has 0 radical (unpaired) electrons. The number of aromatic carboxylic acids is 1. The summed E-state index contributed by atoms with van der Waals surface area (Å²) in [7, 11) is 0. The first kappa shape index (κ1) is 14.6. The summed E-state index contributed by atoms with van der Waals surface area (Å²) >= 11 is 0. The number of fused-ring (bicyclic) bond motifs is 1. The number of aromatic amines is 1. The van der Waals surface area contributed by atoms with Crippen LogP contribution in [0.5, 0.6) is 0 Å². The Kier molecular flexibility index (Phi) is 3.49. The topological polar surface area (TPSA) is 105 Å². The number of pyridine rings is 1. The molecule has 2 heterocycles. The van der Waals surface area contributed by atoms with Crippen molar-refractivity contribution in [2.24, 2.45) is 0 Å². The number of hydrogen-bond donors (Lipinski definition) is 2. The lowest BCUT2D eigenvalue weighted by atomic mass is 10.1. The summed E-state index contributed by atoms with van der Waals surface area (Å²) in [6, 6.07) is 6.61. The molecular formula is C15H10FN3O4. The van der Waals surface area contributed by atoms with Gasteiger partial charge in [-0.1, -0.05) is 6.07 Å². The molecule has 2 aromatic heterocycles. The van der Waals surface area contributed by atoms with E-state index in [4.69, 9.17) is 5.11 Å². The lowest BCUT2D eigenvalue weighted by Crippen LogP contribution is -2.31. The van der Waals surface area contributed by atoms with Crippen LogP contribution in [0.15, 0.2) is 46.1 Å². The van der Waals surface area contributed by atoms with Crippen molar-refractivity contribution in [3.63, 3.8) is 0 Å². The number of rotatable bonds is 3. The number of carboxylic acids is 1. The molecule has 0 aliphatic heterocycles. The summed E-state index contributed by atoms with van der Waals surface area (Å²) in [6.45, 7) is -0.0519. The average molecular weight is 315 g/mol. The van der Waals surface area contributed by atoms with Crippen molar-refractivity contribution in [3.8, 4) is 0 Å². The van der Waals surface area contributed by atoms with E-state index in [1.54, 1.807) is 6.07 Å². The minimum atomic E-state index is -1.40. The first-order valence-corrected chi connectivity index (χ1v) is 6.57. The highest BCUT2D eigenvalue weighted by atomic mass is 19.1. The zero-order valence-electron chi connectivity index (χ0n) is 11.6. The number of carbonyl (C=O) groups is 1. The Balaban J connectivity index is 2.16. The summed E-state index contributed by atoms with van der Waals surface area (Å²) in [6.07, 6.45) is 1.44. The normalized spacial score (nSPS) is 10.8. The van der Waals surface area contributed by atoms with Gasteiger partial charge >= 0.3 is 11.7 Å². The van der Waals surface area contributed by atoms with E-state index in [2.05, 4.69) is 9.97 Å². The van der Waals surface area contributed by atoms with Crippen LogP contribution in [0.3, 0.4) is 0 Å². The lowest BCUT2D eigenvalue weighted by Gasteiger charge is -2.09. The number of aromatic nitrogens is 3. The van der Waals surface area contributed by atoms with E-state index in [1.807, 2.05) is 0 Å². The van der Waals surface area contributed by atoms with Gasteiger partial charge < -0.3 is 5.11 Å². The smallest absolute Gasteiger partial charge is 0.338 e. The molecule has 23 heavy (non-hydrogen) atoms. The Bertz CT molecular complexity index is 1040. The van der Waals surface area contributed by atoms with Gasteiger partial charge in [-0.3, -0.25) is 14.3 Å². The molecule has 0 amide bonds. The van der Waals surface area contributed by atoms with E-state index in [9.17, 15) is 18.8 Å². The van der Waals surface area contributed by atoms with E-state index in [-0.39, 0.29) is 17.6 Å². The van der Waals surface area contributed by atoms with Gasteiger partial charge in [0.25, 0.3) is 5.56 Å². The molecule has 0 spiro atoms. The standard InChI is InChI=1S/C15H10FN3O4/c16-11-4-3-8(6-10(11)14(21)22)7-19-12-9(2-1-5-17-12)13(20)18-15(19)23/h1-6H,7H2,(H,21,22)(H,18,20,23). The monoisotopic (exact) mass is 315 g/mol. The van der Waals surface area contributed by atoms with Crippen molar-refractivity contribution in [3.05, 3.63) is 74.3 Å². The van der Waals surface area contributed by atoms with Gasteiger partial charge in [-0.15, -0.1) is 0 Å². The molecule has 1 aromatic carbocycles. The fraction of sp³-hybridized carbons (Fsp3) is 0.0667. The molecule has 2 N–H and O–H groups in total. The van der Waals surface area contributed by atoms with Crippen LogP contribution in [0.1, 0.15) is 15.9 Å². The number of halogens is 1. The Hall–Kier alpha value is -3.29. The Morgan fingerprint density at radius 2 is 2.09 bits per heavy atom. The van der Waals surface area contributed by atoms with Gasteiger partial charge in [-0.2, -0.15) is 0 Å². The molecule has 7 nitrogen and oxygen atoms in total. The highest BCUT2D eigenvalue weighted by molar-refractivity contribution is 5.88. The largest absolute Gasteiger partial charge is 0.478 e. The van der Waals surface area contributed by atoms with Crippen molar-refractivity contribution in [1.29, 1.82) is 0 Å². The van der Waals surface area contributed by atoms with Crippen LogP contribution in [-0.2, 0) is 6.54 Å². The van der Waals surface area contributed by atoms with E-state index in [0.29, 0.717) is 5.56 Å². The minimum absolute atomic E-state index is 0.0519. The molecular weight excluding hydrogens is 305 g/mol. The minimum Gasteiger partial charge on any atom is -0.478 e. The second-order valence-corrected chi connectivity index (χ2v) is 4.84. The second-order valence-electron chi connectivity index (χ2n) is 4.84. The third-order valence-corrected chi connectivity index (χ3v) is 3.35. The molecule has 0 unspecified atom stereocenters. The van der Waals surface area contributed by atoms with Crippen LogP contribution in [-0.4, -0.2) is 25.6 Å². The van der Waals surface area contributed by atoms with E-state index >= 15 is 0 Å². The first-order chi connectivity index (χ1) is 11.0. The molecule has 0 fully saturated rings. The van der Waals surface area contributed by atoms with Crippen LogP contribution < -0.4 is 11.2 Å². The SMILES string of the molecule is O=C(O)c1cc(Cn2c(=O)[nH]c(=O)c3cccnc32)ccc1F.